The van der Waals surface area contributed by atoms with Gasteiger partial charge in [0.25, 0.3) is 0 Å². The number of likely N-dealkylation sites (N-methyl/N-ethyl adjacent to an activating group) is 1. The topological polar surface area (TPSA) is 66.3 Å². The van der Waals surface area contributed by atoms with Crippen LogP contribution >= 0.6 is 15.9 Å². The molecule has 1 saturated heterocycles. The van der Waals surface area contributed by atoms with Crippen molar-refractivity contribution in [2.75, 3.05) is 43.4 Å². The van der Waals surface area contributed by atoms with Crippen LogP contribution in [0.25, 0.3) is 10.9 Å². The summed E-state index contributed by atoms with van der Waals surface area (Å²) < 4.78 is 40.1. The second-order valence-corrected chi connectivity index (χ2v) is 9.06. The number of pyridine rings is 1. The van der Waals surface area contributed by atoms with Crippen molar-refractivity contribution in [3.8, 4) is 0 Å². The lowest BCUT2D eigenvalue weighted by Crippen LogP contribution is -2.44. The average Bonchev–Trinajstić information content (AvgIpc) is 3.03. The number of amides is 1. The van der Waals surface area contributed by atoms with Crippen LogP contribution in [0.3, 0.4) is 0 Å². The second kappa shape index (κ2) is 8.94. The van der Waals surface area contributed by atoms with Crippen LogP contribution in [0.2, 0.25) is 0 Å². The van der Waals surface area contributed by atoms with E-state index in [1.54, 1.807) is 6.07 Å². The van der Waals surface area contributed by atoms with Gasteiger partial charge in [0.15, 0.2) is 5.69 Å². The highest BCUT2D eigenvalue weighted by Crippen LogP contribution is 2.35. The Morgan fingerprint density at radius 2 is 1.85 bits per heavy atom. The third kappa shape index (κ3) is 4.98. The minimum absolute atomic E-state index is 0.161. The highest BCUT2D eigenvalue weighted by molar-refractivity contribution is 9.10. The maximum Gasteiger partial charge on any atom is 0.436 e. The summed E-state index contributed by atoms with van der Waals surface area (Å²) in [7, 11) is 2.11. The number of alkyl halides is 3. The number of carbonyl (C=O) groups is 1. The molecule has 7 nitrogen and oxygen atoms in total. The second-order valence-electron chi connectivity index (χ2n) is 8.27. The summed E-state index contributed by atoms with van der Waals surface area (Å²) in [5.41, 5.74) is 1.59. The average molecular weight is 525 g/mol. The molecule has 3 aromatic rings. The molecule has 0 bridgehead atoms. The van der Waals surface area contributed by atoms with Crippen molar-refractivity contribution in [2.45, 2.75) is 26.6 Å². The molecule has 0 saturated carbocycles. The predicted molar refractivity (Wildman–Crippen MR) is 124 cm³/mol. The van der Waals surface area contributed by atoms with E-state index in [1.807, 2.05) is 25.1 Å². The van der Waals surface area contributed by atoms with Gasteiger partial charge in [-0.1, -0.05) is 0 Å². The number of hydrogen-bond acceptors (Lipinski definition) is 5. The Hall–Kier alpha value is -2.66. The molecule has 176 valence electrons. The van der Waals surface area contributed by atoms with E-state index in [0.717, 1.165) is 53.1 Å². The number of halogens is 4. The standard InChI is InChI=1S/C22H24BrF3N6O/c1-13-10-18(31-8-6-30(3)7-9-31)28-17-5-4-15(11-16(13)17)27-19(33)12-32-14(2)20(23)21(29-32)22(24,25)26/h4-5,10-11H,6-9,12H2,1-3H3,(H,27,33). The molecule has 2 aromatic heterocycles. The van der Waals surface area contributed by atoms with Crippen LogP contribution in [-0.4, -0.2) is 58.8 Å². The van der Waals surface area contributed by atoms with Gasteiger partial charge in [0, 0.05) is 37.3 Å². The van der Waals surface area contributed by atoms with Crippen LogP contribution in [0.15, 0.2) is 28.7 Å². The Labute approximate surface area is 197 Å². The highest BCUT2D eigenvalue weighted by Gasteiger charge is 2.38. The van der Waals surface area contributed by atoms with Gasteiger partial charge in [0.2, 0.25) is 5.91 Å². The molecule has 1 aliphatic heterocycles. The first-order valence-electron chi connectivity index (χ1n) is 10.5. The molecule has 0 radical (unpaired) electrons. The molecule has 4 rings (SSSR count). The molecule has 0 aliphatic carbocycles. The van der Waals surface area contributed by atoms with Crippen LogP contribution in [0.4, 0.5) is 24.7 Å². The molecule has 1 aromatic carbocycles. The molecule has 1 aliphatic rings. The normalized spacial score (nSPS) is 15.3. The lowest BCUT2D eigenvalue weighted by atomic mass is 10.1. The van der Waals surface area contributed by atoms with Crippen molar-refractivity contribution in [3.63, 3.8) is 0 Å². The molecule has 1 N–H and O–H groups in total. The zero-order valence-electron chi connectivity index (χ0n) is 18.5. The number of rotatable bonds is 4. The van der Waals surface area contributed by atoms with Gasteiger partial charge in [-0.25, -0.2) is 4.98 Å². The van der Waals surface area contributed by atoms with Crippen LogP contribution in [0.5, 0.6) is 0 Å². The van der Waals surface area contributed by atoms with Crippen LogP contribution < -0.4 is 10.2 Å². The number of anilines is 2. The van der Waals surface area contributed by atoms with Gasteiger partial charge < -0.3 is 15.1 Å². The molecule has 1 fully saturated rings. The number of carbonyl (C=O) groups excluding carboxylic acids is 1. The van der Waals surface area contributed by atoms with Crippen LogP contribution in [-0.2, 0) is 17.5 Å². The Morgan fingerprint density at radius 3 is 2.48 bits per heavy atom. The Morgan fingerprint density at radius 1 is 1.15 bits per heavy atom. The van der Waals surface area contributed by atoms with Gasteiger partial charge in [-0.15, -0.1) is 0 Å². The largest absolute Gasteiger partial charge is 0.436 e. The number of aryl methyl sites for hydroxylation is 1. The van der Waals surface area contributed by atoms with Crippen molar-refractivity contribution >= 4 is 44.2 Å². The molecule has 0 unspecified atom stereocenters. The number of nitrogens with one attached hydrogen (secondary N) is 1. The maximum atomic E-state index is 13.1. The minimum atomic E-state index is -4.60. The van der Waals surface area contributed by atoms with Crippen molar-refractivity contribution in [3.05, 3.63) is 45.7 Å². The number of aromatic nitrogens is 3. The third-order valence-corrected chi connectivity index (χ3v) is 6.76. The number of benzene rings is 1. The van der Waals surface area contributed by atoms with E-state index in [0.29, 0.717) is 5.69 Å². The number of fused-ring (bicyclic) bond motifs is 1. The van der Waals surface area contributed by atoms with Gasteiger partial charge >= 0.3 is 6.18 Å². The molecule has 0 atom stereocenters. The van der Waals surface area contributed by atoms with Crippen molar-refractivity contribution in [2.24, 2.45) is 0 Å². The van der Waals surface area contributed by atoms with Crippen LogP contribution in [0.1, 0.15) is 17.0 Å². The van der Waals surface area contributed by atoms with Crippen molar-refractivity contribution in [1.82, 2.24) is 19.7 Å². The molecule has 1 amide bonds. The van der Waals surface area contributed by atoms with Crippen molar-refractivity contribution < 1.29 is 18.0 Å². The SMILES string of the molecule is Cc1cc(N2CCN(C)CC2)nc2ccc(NC(=O)Cn3nc(C(F)(F)F)c(Br)c3C)cc12. The summed E-state index contributed by atoms with van der Waals surface area (Å²) >= 11 is 2.92. The van der Waals surface area contributed by atoms with Crippen molar-refractivity contribution in [1.29, 1.82) is 0 Å². The Kier molecular flexibility index (Phi) is 6.37. The summed E-state index contributed by atoms with van der Waals surface area (Å²) in [4.78, 5) is 21.9. The zero-order valence-corrected chi connectivity index (χ0v) is 20.1. The summed E-state index contributed by atoms with van der Waals surface area (Å²) in [5, 5.41) is 7.20. The van der Waals surface area contributed by atoms with E-state index in [9.17, 15) is 18.0 Å². The predicted octanol–water partition coefficient (Wildman–Crippen LogP) is 4.22. The zero-order chi connectivity index (χ0) is 23.9. The van der Waals surface area contributed by atoms with Crippen LogP contribution in [0, 0.1) is 13.8 Å². The highest BCUT2D eigenvalue weighted by atomic mass is 79.9. The lowest BCUT2D eigenvalue weighted by molar-refractivity contribution is -0.142. The summed E-state index contributed by atoms with van der Waals surface area (Å²) in [6.45, 7) is 6.95. The van der Waals surface area contributed by atoms with E-state index in [4.69, 9.17) is 4.98 Å². The molecule has 0 spiro atoms. The first kappa shape index (κ1) is 23.5. The monoisotopic (exact) mass is 524 g/mol. The Bertz CT molecular complexity index is 1200. The van der Waals surface area contributed by atoms with Gasteiger partial charge in [0.1, 0.15) is 12.4 Å². The first-order chi connectivity index (χ1) is 15.5. The molecule has 11 heteroatoms. The maximum absolute atomic E-state index is 13.1. The number of piperazine rings is 1. The molecule has 3 heterocycles. The van der Waals surface area contributed by atoms with E-state index >= 15 is 0 Å². The minimum Gasteiger partial charge on any atom is -0.354 e. The van der Waals surface area contributed by atoms with E-state index < -0.39 is 17.8 Å². The lowest BCUT2D eigenvalue weighted by Gasteiger charge is -2.33. The first-order valence-corrected chi connectivity index (χ1v) is 11.3. The number of nitrogens with zero attached hydrogens (tertiary/aromatic N) is 5. The van der Waals surface area contributed by atoms with E-state index in [1.165, 1.54) is 6.92 Å². The number of hydrogen-bond donors (Lipinski definition) is 1. The van der Waals surface area contributed by atoms with Gasteiger partial charge in [-0.3, -0.25) is 9.48 Å². The summed E-state index contributed by atoms with van der Waals surface area (Å²) in [5.74, 6) is 0.464. The Balaban J connectivity index is 1.51. The van der Waals surface area contributed by atoms with E-state index in [2.05, 4.69) is 43.2 Å². The van der Waals surface area contributed by atoms with Gasteiger partial charge in [-0.2, -0.15) is 18.3 Å². The summed E-state index contributed by atoms with van der Waals surface area (Å²) in [6, 6.07) is 7.46. The summed E-state index contributed by atoms with van der Waals surface area (Å²) in [6.07, 6.45) is -4.60. The smallest absolute Gasteiger partial charge is 0.354 e. The molecule has 33 heavy (non-hydrogen) atoms. The van der Waals surface area contributed by atoms with Gasteiger partial charge in [-0.05, 0) is 66.7 Å². The van der Waals surface area contributed by atoms with E-state index in [-0.39, 0.29) is 16.7 Å². The third-order valence-electron chi connectivity index (χ3n) is 5.81. The fraction of sp³-hybridized carbons (Fsp3) is 0.409. The quantitative estimate of drug-likeness (QED) is 0.553. The fourth-order valence-electron chi connectivity index (χ4n) is 3.85. The molecular weight excluding hydrogens is 501 g/mol. The van der Waals surface area contributed by atoms with Gasteiger partial charge in [0.05, 0.1) is 15.7 Å². The molecular formula is C22H24BrF3N6O. The fourth-order valence-corrected chi connectivity index (χ4v) is 4.36.